The third-order valence-electron chi connectivity index (χ3n) is 3.60. The molecule has 0 spiro atoms. The number of methoxy groups -OCH3 is 1. The summed E-state index contributed by atoms with van der Waals surface area (Å²) < 4.78 is 24.8. The van der Waals surface area contributed by atoms with Crippen molar-refractivity contribution in [1.29, 1.82) is 0 Å². The molecule has 26 heavy (non-hydrogen) atoms. The number of rotatable bonds is 8. The number of ether oxygens (including phenoxy) is 2. The number of carboxylic acids is 1. The van der Waals surface area contributed by atoms with Crippen LogP contribution in [0.5, 0.6) is 11.5 Å². The van der Waals surface area contributed by atoms with Gasteiger partial charge < -0.3 is 19.9 Å². The van der Waals surface area contributed by atoms with Gasteiger partial charge in [-0.05, 0) is 42.3 Å². The van der Waals surface area contributed by atoms with Crippen LogP contribution in [0.25, 0.3) is 0 Å². The van der Waals surface area contributed by atoms with Crippen molar-refractivity contribution in [1.82, 2.24) is 5.32 Å². The van der Waals surface area contributed by atoms with Crippen molar-refractivity contribution in [3.8, 4) is 11.5 Å². The normalized spacial score (nSPS) is 10.3. The Bertz CT molecular complexity index is 807. The number of carboxylic acid groups (broad SMARTS) is 1. The summed E-state index contributed by atoms with van der Waals surface area (Å²) >= 11 is 0. The topological polar surface area (TPSA) is 84.9 Å². The highest BCUT2D eigenvalue weighted by atomic mass is 19.1. The highest BCUT2D eigenvalue weighted by Crippen LogP contribution is 2.28. The second-order valence-corrected chi connectivity index (χ2v) is 5.52. The van der Waals surface area contributed by atoms with E-state index in [1.807, 2.05) is 6.92 Å². The number of benzene rings is 2. The Morgan fingerprint density at radius 1 is 1.15 bits per heavy atom. The van der Waals surface area contributed by atoms with Crippen LogP contribution in [0, 0.1) is 5.82 Å². The zero-order chi connectivity index (χ0) is 19.1. The number of nitrogens with one attached hydrogen (secondary N) is 1. The van der Waals surface area contributed by atoms with Gasteiger partial charge in [0.25, 0.3) is 5.91 Å². The summed E-state index contributed by atoms with van der Waals surface area (Å²) in [5, 5.41) is 11.4. The van der Waals surface area contributed by atoms with E-state index in [0.29, 0.717) is 18.1 Å². The van der Waals surface area contributed by atoms with Crippen LogP contribution in [0.2, 0.25) is 0 Å². The number of carbonyl (C=O) groups excluding carboxylic acids is 1. The fraction of sp³-hybridized carbons (Fsp3) is 0.263. The summed E-state index contributed by atoms with van der Waals surface area (Å²) in [6.07, 6.45) is 0.868. The van der Waals surface area contributed by atoms with Gasteiger partial charge in [-0.1, -0.05) is 13.0 Å². The van der Waals surface area contributed by atoms with E-state index >= 15 is 0 Å². The van der Waals surface area contributed by atoms with Gasteiger partial charge in [-0.2, -0.15) is 0 Å². The minimum absolute atomic E-state index is 0.156. The molecule has 0 aromatic heterocycles. The SMILES string of the molecule is CCCOc1ccc(CNC(=O)c2ccc(C(=O)O)cc2F)cc1OC. The minimum Gasteiger partial charge on any atom is -0.493 e. The van der Waals surface area contributed by atoms with Crippen LogP contribution in [0.1, 0.15) is 39.6 Å². The molecule has 0 aliphatic carbocycles. The van der Waals surface area contributed by atoms with Crippen molar-refractivity contribution < 1.29 is 28.6 Å². The van der Waals surface area contributed by atoms with E-state index in [2.05, 4.69) is 5.32 Å². The first kappa shape index (κ1) is 19.2. The van der Waals surface area contributed by atoms with Crippen LogP contribution in [0.4, 0.5) is 4.39 Å². The Hall–Kier alpha value is -3.09. The molecule has 7 heteroatoms. The van der Waals surface area contributed by atoms with E-state index in [0.717, 1.165) is 24.1 Å². The molecule has 0 saturated carbocycles. The van der Waals surface area contributed by atoms with Gasteiger partial charge >= 0.3 is 5.97 Å². The molecular formula is C19H20FNO5. The maximum atomic E-state index is 13.9. The highest BCUT2D eigenvalue weighted by Gasteiger charge is 2.14. The summed E-state index contributed by atoms with van der Waals surface area (Å²) in [6.45, 7) is 2.72. The first-order valence-corrected chi connectivity index (χ1v) is 8.07. The van der Waals surface area contributed by atoms with Crippen molar-refractivity contribution in [2.45, 2.75) is 19.9 Å². The van der Waals surface area contributed by atoms with Crippen molar-refractivity contribution >= 4 is 11.9 Å². The fourth-order valence-electron chi connectivity index (χ4n) is 2.26. The molecule has 138 valence electrons. The fourth-order valence-corrected chi connectivity index (χ4v) is 2.26. The molecule has 0 aliphatic heterocycles. The largest absolute Gasteiger partial charge is 0.493 e. The maximum Gasteiger partial charge on any atom is 0.335 e. The Morgan fingerprint density at radius 2 is 1.92 bits per heavy atom. The molecule has 0 saturated heterocycles. The van der Waals surface area contributed by atoms with Gasteiger partial charge in [-0.15, -0.1) is 0 Å². The molecule has 0 bridgehead atoms. The van der Waals surface area contributed by atoms with E-state index in [1.165, 1.54) is 13.2 Å². The lowest BCUT2D eigenvalue weighted by Gasteiger charge is -2.12. The monoisotopic (exact) mass is 361 g/mol. The molecule has 2 rings (SSSR count). The zero-order valence-corrected chi connectivity index (χ0v) is 14.5. The van der Waals surface area contributed by atoms with Crippen molar-refractivity contribution in [3.63, 3.8) is 0 Å². The molecule has 0 fully saturated rings. The second-order valence-electron chi connectivity index (χ2n) is 5.52. The van der Waals surface area contributed by atoms with Gasteiger partial charge in [0.2, 0.25) is 0 Å². The average Bonchev–Trinajstić information content (AvgIpc) is 2.64. The Morgan fingerprint density at radius 3 is 2.54 bits per heavy atom. The van der Waals surface area contributed by atoms with Crippen LogP contribution in [0.15, 0.2) is 36.4 Å². The smallest absolute Gasteiger partial charge is 0.335 e. The molecule has 1 amide bonds. The molecule has 2 N–H and O–H groups in total. The minimum atomic E-state index is -1.26. The summed E-state index contributed by atoms with van der Waals surface area (Å²) in [6, 6.07) is 8.41. The predicted octanol–water partition coefficient (Wildman–Crippen LogP) is 3.25. The van der Waals surface area contributed by atoms with Gasteiger partial charge in [-0.3, -0.25) is 4.79 Å². The standard InChI is InChI=1S/C19H20FNO5/c1-3-8-26-16-7-4-12(9-17(16)25-2)11-21-18(22)14-6-5-13(19(23)24)10-15(14)20/h4-7,9-10H,3,8,11H2,1-2H3,(H,21,22)(H,23,24). The second kappa shape index (κ2) is 8.84. The first-order valence-electron chi connectivity index (χ1n) is 8.07. The molecule has 0 radical (unpaired) electrons. The van der Waals surface area contributed by atoms with Gasteiger partial charge in [-0.25, -0.2) is 9.18 Å². The molecule has 0 atom stereocenters. The van der Waals surface area contributed by atoms with E-state index in [4.69, 9.17) is 14.6 Å². The maximum absolute atomic E-state index is 13.9. The number of hydrogen-bond donors (Lipinski definition) is 2. The molecule has 0 heterocycles. The Balaban J connectivity index is 2.06. The van der Waals surface area contributed by atoms with E-state index in [1.54, 1.807) is 18.2 Å². The van der Waals surface area contributed by atoms with E-state index in [9.17, 15) is 14.0 Å². The van der Waals surface area contributed by atoms with E-state index in [-0.39, 0.29) is 17.7 Å². The van der Waals surface area contributed by atoms with Crippen LogP contribution in [-0.4, -0.2) is 30.7 Å². The van der Waals surface area contributed by atoms with Crippen LogP contribution < -0.4 is 14.8 Å². The van der Waals surface area contributed by atoms with Crippen molar-refractivity contribution in [2.75, 3.05) is 13.7 Å². The number of hydrogen-bond acceptors (Lipinski definition) is 4. The lowest BCUT2D eigenvalue weighted by molar-refractivity contribution is 0.0695. The van der Waals surface area contributed by atoms with E-state index < -0.39 is 17.7 Å². The summed E-state index contributed by atoms with van der Waals surface area (Å²) in [5.74, 6) is -1.62. The van der Waals surface area contributed by atoms with Gasteiger partial charge in [0.1, 0.15) is 5.82 Å². The molecule has 6 nitrogen and oxygen atoms in total. The Kier molecular flexibility index (Phi) is 6.54. The number of aromatic carboxylic acids is 1. The highest BCUT2D eigenvalue weighted by molar-refractivity contribution is 5.96. The lowest BCUT2D eigenvalue weighted by Crippen LogP contribution is -2.24. The number of halogens is 1. The zero-order valence-electron chi connectivity index (χ0n) is 14.5. The summed E-state index contributed by atoms with van der Waals surface area (Å²) in [4.78, 5) is 22.9. The van der Waals surface area contributed by atoms with Gasteiger partial charge in [0.05, 0.1) is 24.8 Å². The third-order valence-corrected chi connectivity index (χ3v) is 3.60. The quantitative estimate of drug-likeness (QED) is 0.754. The number of carbonyl (C=O) groups is 2. The summed E-state index contributed by atoms with van der Waals surface area (Å²) in [5.41, 5.74) is 0.318. The molecule has 0 unspecified atom stereocenters. The first-order chi connectivity index (χ1) is 12.5. The van der Waals surface area contributed by atoms with Crippen LogP contribution in [0.3, 0.4) is 0 Å². The third kappa shape index (κ3) is 4.72. The Labute approximate surface area is 150 Å². The lowest BCUT2D eigenvalue weighted by atomic mass is 10.1. The predicted molar refractivity (Wildman–Crippen MR) is 93.3 cm³/mol. The van der Waals surface area contributed by atoms with Gasteiger partial charge in [0, 0.05) is 6.54 Å². The van der Waals surface area contributed by atoms with Gasteiger partial charge in [0.15, 0.2) is 11.5 Å². The average molecular weight is 361 g/mol. The van der Waals surface area contributed by atoms with Crippen LogP contribution in [-0.2, 0) is 6.54 Å². The molecular weight excluding hydrogens is 341 g/mol. The molecule has 2 aromatic carbocycles. The van der Waals surface area contributed by atoms with Crippen molar-refractivity contribution in [2.24, 2.45) is 0 Å². The van der Waals surface area contributed by atoms with Crippen LogP contribution >= 0.6 is 0 Å². The number of amides is 1. The summed E-state index contributed by atoms with van der Waals surface area (Å²) in [7, 11) is 1.52. The molecule has 2 aromatic rings. The van der Waals surface area contributed by atoms with Crippen molar-refractivity contribution in [3.05, 3.63) is 58.9 Å². The molecule has 0 aliphatic rings.